The van der Waals surface area contributed by atoms with Crippen LogP contribution in [0.3, 0.4) is 0 Å². The van der Waals surface area contributed by atoms with Gasteiger partial charge in [0.2, 0.25) is 0 Å². The van der Waals surface area contributed by atoms with E-state index in [0.29, 0.717) is 12.1 Å². The molecule has 0 bridgehead atoms. The summed E-state index contributed by atoms with van der Waals surface area (Å²) < 4.78 is 28.7. The molecule has 2 fully saturated rings. The standard InChI is InChI=1S/C16H22F2N2O/c1-11(12-4-6-14(7-5-12)21-16(17)18)20-9-13-3-2-8-19-15(13)10-20/h4-7,11,13,15-16,19H,2-3,8-10H2,1H3. The van der Waals surface area contributed by atoms with E-state index < -0.39 is 6.61 Å². The van der Waals surface area contributed by atoms with Crippen molar-refractivity contribution < 1.29 is 13.5 Å². The largest absolute Gasteiger partial charge is 0.435 e. The van der Waals surface area contributed by atoms with E-state index in [1.807, 2.05) is 12.1 Å². The lowest BCUT2D eigenvalue weighted by molar-refractivity contribution is -0.0498. The molecule has 3 unspecified atom stereocenters. The highest BCUT2D eigenvalue weighted by molar-refractivity contribution is 5.29. The van der Waals surface area contributed by atoms with Crippen molar-refractivity contribution in [3.63, 3.8) is 0 Å². The van der Waals surface area contributed by atoms with E-state index in [-0.39, 0.29) is 5.75 Å². The van der Waals surface area contributed by atoms with Gasteiger partial charge in [0.15, 0.2) is 0 Å². The third kappa shape index (κ3) is 3.35. The fourth-order valence-corrected chi connectivity index (χ4v) is 3.53. The number of alkyl halides is 2. The number of halogens is 2. The van der Waals surface area contributed by atoms with Crippen molar-refractivity contribution in [1.82, 2.24) is 10.2 Å². The van der Waals surface area contributed by atoms with Gasteiger partial charge in [0.1, 0.15) is 5.75 Å². The Balaban J connectivity index is 1.63. The third-order valence-corrected chi connectivity index (χ3v) is 4.76. The number of nitrogens with one attached hydrogen (secondary N) is 1. The van der Waals surface area contributed by atoms with Crippen LogP contribution in [0.5, 0.6) is 5.75 Å². The van der Waals surface area contributed by atoms with Crippen molar-refractivity contribution in [2.75, 3.05) is 19.6 Å². The van der Waals surface area contributed by atoms with Crippen molar-refractivity contribution in [1.29, 1.82) is 0 Å². The lowest BCUT2D eigenvalue weighted by Crippen LogP contribution is -2.40. The first-order valence-electron chi connectivity index (χ1n) is 7.65. The van der Waals surface area contributed by atoms with Crippen LogP contribution in [-0.2, 0) is 0 Å². The van der Waals surface area contributed by atoms with E-state index in [4.69, 9.17) is 0 Å². The van der Waals surface area contributed by atoms with Crippen LogP contribution in [-0.4, -0.2) is 37.2 Å². The zero-order valence-corrected chi connectivity index (χ0v) is 12.3. The van der Waals surface area contributed by atoms with Gasteiger partial charge in [-0.05, 0) is 49.9 Å². The lowest BCUT2D eigenvalue weighted by Gasteiger charge is -2.25. The van der Waals surface area contributed by atoms with Crippen LogP contribution in [0.2, 0.25) is 0 Å². The maximum Gasteiger partial charge on any atom is 0.387 e. The minimum absolute atomic E-state index is 0.220. The SMILES string of the molecule is CC(c1ccc(OC(F)F)cc1)N1CC2CCCNC2C1. The van der Waals surface area contributed by atoms with Crippen LogP contribution >= 0.6 is 0 Å². The summed E-state index contributed by atoms with van der Waals surface area (Å²) in [6.45, 7) is 2.74. The summed E-state index contributed by atoms with van der Waals surface area (Å²) in [7, 11) is 0. The minimum Gasteiger partial charge on any atom is -0.435 e. The van der Waals surface area contributed by atoms with Crippen molar-refractivity contribution in [2.24, 2.45) is 5.92 Å². The maximum atomic E-state index is 12.2. The number of benzene rings is 1. The topological polar surface area (TPSA) is 24.5 Å². The van der Waals surface area contributed by atoms with E-state index in [1.165, 1.54) is 12.8 Å². The summed E-state index contributed by atoms with van der Waals surface area (Å²) in [5, 5.41) is 3.60. The van der Waals surface area contributed by atoms with Gasteiger partial charge in [-0.2, -0.15) is 8.78 Å². The molecule has 3 rings (SSSR count). The molecule has 1 N–H and O–H groups in total. The van der Waals surface area contributed by atoms with Crippen LogP contribution in [0.1, 0.15) is 31.4 Å². The monoisotopic (exact) mass is 296 g/mol. The molecule has 1 aromatic rings. The summed E-state index contributed by atoms with van der Waals surface area (Å²) in [6.07, 6.45) is 2.57. The predicted molar refractivity (Wildman–Crippen MR) is 77.6 cm³/mol. The molecule has 5 heteroatoms. The minimum atomic E-state index is -2.76. The molecule has 0 aliphatic carbocycles. The number of ether oxygens (including phenoxy) is 1. The van der Waals surface area contributed by atoms with Gasteiger partial charge in [-0.3, -0.25) is 4.90 Å². The Bertz CT molecular complexity index is 452. The molecule has 0 saturated carbocycles. The first-order chi connectivity index (χ1) is 10.1. The smallest absolute Gasteiger partial charge is 0.387 e. The number of nitrogens with zero attached hydrogens (tertiary/aromatic N) is 1. The fourth-order valence-electron chi connectivity index (χ4n) is 3.53. The third-order valence-electron chi connectivity index (χ3n) is 4.76. The summed E-state index contributed by atoms with van der Waals surface area (Å²) in [4.78, 5) is 2.48. The molecule has 1 aromatic carbocycles. The van der Waals surface area contributed by atoms with Crippen LogP contribution in [0.15, 0.2) is 24.3 Å². The zero-order chi connectivity index (χ0) is 14.8. The van der Waals surface area contributed by atoms with Crippen LogP contribution < -0.4 is 10.1 Å². The summed E-state index contributed by atoms with van der Waals surface area (Å²) in [6, 6.07) is 7.94. The van der Waals surface area contributed by atoms with Gasteiger partial charge in [0.25, 0.3) is 0 Å². The van der Waals surface area contributed by atoms with Gasteiger partial charge >= 0.3 is 6.61 Å². The predicted octanol–water partition coefficient (Wildman–Crippen LogP) is 3.03. The van der Waals surface area contributed by atoms with E-state index in [2.05, 4.69) is 21.9 Å². The maximum absolute atomic E-state index is 12.2. The number of fused-ring (bicyclic) bond motifs is 1. The molecular formula is C16H22F2N2O. The molecular weight excluding hydrogens is 274 g/mol. The molecule has 2 saturated heterocycles. The van der Waals surface area contributed by atoms with Gasteiger partial charge in [0.05, 0.1) is 0 Å². The fraction of sp³-hybridized carbons (Fsp3) is 0.625. The second-order valence-electron chi connectivity index (χ2n) is 6.04. The molecule has 0 radical (unpaired) electrons. The van der Waals surface area contributed by atoms with Gasteiger partial charge in [-0.1, -0.05) is 12.1 Å². The van der Waals surface area contributed by atoms with E-state index in [0.717, 1.165) is 31.1 Å². The molecule has 2 aliphatic heterocycles. The number of rotatable bonds is 4. The number of likely N-dealkylation sites (tertiary alicyclic amines) is 1. The quantitative estimate of drug-likeness (QED) is 0.924. The summed E-state index contributed by atoms with van der Waals surface area (Å²) >= 11 is 0. The van der Waals surface area contributed by atoms with E-state index in [1.54, 1.807) is 12.1 Å². The average molecular weight is 296 g/mol. The number of hydrogen-bond donors (Lipinski definition) is 1. The van der Waals surface area contributed by atoms with Gasteiger partial charge in [-0.25, -0.2) is 0 Å². The number of piperidine rings is 1. The molecule has 3 nitrogen and oxygen atoms in total. The molecule has 0 spiro atoms. The van der Waals surface area contributed by atoms with Crippen LogP contribution in [0, 0.1) is 5.92 Å². The average Bonchev–Trinajstić information content (AvgIpc) is 2.90. The number of hydrogen-bond acceptors (Lipinski definition) is 3. The van der Waals surface area contributed by atoms with Crippen LogP contribution in [0.4, 0.5) is 8.78 Å². The van der Waals surface area contributed by atoms with Crippen molar-refractivity contribution in [3.8, 4) is 5.75 Å². The lowest BCUT2D eigenvalue weighted by atomic mass is 9.94. The highest BCUT2D eigenvalue weighted by Crippen LogP contribution is 2.32. The zero-order valence-electron chi connectivity index (χ0n) is 12.3. The Morgan fingerprint density at radius 1 is 1.24 bits per heavy atom. The second-order valence-corrected chi connectivity index (χ2v) is 6.04. The summed E-state index contributed by atoms with van der Waals surface area (Å²) in [5.41, 5.74) is 1.15. The highest BCUT2D eigenvalue weighted by atomic mass is 19.3. The van der Waals surface area contributed by atoms with Crippen molar-refractivity contribution in [2.45, 2.75) is 38.5 Å². The Kier molecular flexibility index (Phi) is 4.40. The first kappa shape index (κ1) is 14.7. The molecule has 0 amide bonds. The second kappa shape index (κ2) is 6.28. The van der Waals surface area contributed by atoms with Crippen LogP contribution in [0.25, 0.3) is 0 Å². The first-order valence-corrected chi connectivity index (χ1v) is 7.65. The Labute approximate surface area is 124 Å². The van der Waals surface area contributed by atoms with Gasteiger partial charge in [0, 0.05) is 25.2 Å². The normalized spacial score (nSPS) is 27.6. The molecule has 2 aliphatic rings. The molecule has 21 heavy (non-hydrogen) atoms. The Morgan fingerprint density at radius 2 is 2.00 bits per heavy atom. The Morgan fingerprint density at radius 3 is 2.67 bits per heavy atom. The molecule has 116 valence electrons. The van der Waals surface area contributed by atoms with Crippen molar-refractivity contribution >= 4 is 0 Å². The Hall–Kier alpha value is -1.20. The molecule has 3 atom stereocenters. The van der Waals surface area contributed by atoms with Gasteiger partial charge < -0.3 is 10.1 Å². The van der Waals surface area contributed by atoms with E-state index in [9.17, 15) is 8.78 Å². The summed E-state index contributed by atoms with van der Waals surface area (Å²) in [5.74, 6) is 0.973. The molecule has 0 aromatic heterocycles. The van der Waals surface area contributed by atoms with E-state index >= 15 is 0 Å². The van der Waals surface area contributed by atoms with Crippen molar-refractivity contribution in [3.05, 3.63) is 29.8 Å². The van der Waals surface area contributed by atoms with Gasteiger partial charge in [-0.15, -0.1) is 0 Å². The molecule has 2 heterocycles. The highest BCUT2D eigenvalue weighted by Gasteiger charge is 2.36.